The normalized spacial score (nSPS) is 18.0. The molecule has 1 aliphatic heterocycles. The molecule has 3 rings (SSSR count). The molecule has 0 spiro atoms. The lowest BCUT2D eigenvalue weighted by Gasteiger charge is -2.27. The number of rotatable bonds is 10. The van der Waals surface area contributed by atoms with E-state index in [0.29, 0.717) is 24.4 Å². The van der Waals surface area contributed by atoms with Crippen molar-refractivity contribution in [1.29, 1.82) is 0 Å². The molecule has 164 valence electrons. The van der Waals surface area contributed by atoms with E-state index >= 15 is 0 Å². The fourth-order valence-electron chi connectivity index (χ4n) is 3.75. The summed E-state index contributed by atoms with van der Waals surface area (Å²) in [5.41, 5.74) is 0.936. The molecule has 1 atom stereocenters. The van der Waals surface area contributed by atoms with Crippen molar-refractivity contribution in [3.63, 3.8) is 0 Å². The number of benzene rings is 1. The first-order valence-electron chi connectivity index (χ1n) is 10.3. The Morgan fingerprint density at radius 2 is 2.10 bits per heavy atom. The number of methoxy groups -OCH3 is 1. The second-order valence-corrected chi connectivity index (χ2v) is 10.2. The predicted molar refractivity (Wildman–Crippen MR) is 122 cm³/mol. The molecule has 1 aromatic carbocycles. The highest BCUT2D eigenvalue weighted by Gasteiger charge is 2.32. The van der Waals surface area contributed by atoms with Gasteiger partial charge in [0.2, 0.25) is 0 Å². The SMILES string of the molecule is C=CCn1c(-c2ccc(OC)cc2)nn(CN(CCCC)[C@@H]2CCS(=O)(=O)C2)c1=S. The third-order valence-electron chi connectivity index (χ3n) is 5.42. The molecule has 30 heavy (non-hydrogen) atoms. The number of sulfone groups is 1. The Bertz CT molecular complexity index is 1030. The molecule has 0 saturated carbocycles. The molecule has 1 aromatic heterocycles. The third kappa shape index (κ3) is 5.19. The lowest BCUT2D eigenvalue weighted by atomic mass is 10.2. The second kappa shape index (κ2) is 9.89. The van der Waals surface area contributed by atoms with Gasteiger partial charge in [-0.2, -0.15) is 5.10 Å². The van der Waals surface area contributed by atoms with Crippen molar-refractivity contribution in [3.8, 4) is 17.1 Å². The van der Waals surface area contributed by atoms with Crippen LogP contribution in [0.15, 0.2) is 36.9 Å². The van der Waals surface area contributed by atoms with Gasteiger partial charge in [0, 0.05) is 24.7 Å². The molecule has 0 bridgehead atoms. The quantitative estimate of drug-likeness (QED) is 0.407. The largest absolute Gasteiger partial charge is 0.497 e. The van der Waals surface area contributed by atoms with Crippen LogP contribution in [0, 0.1) is 4.77 Å². The summed E-state index contributed by atoms with van der Waals surface area (Å²) < 4.78 is 33.7. The highest BCUT2D eigenvalue weighted by molar-refractivity contribution is 7.91. The molecule has 9 heteroatoms. The summed E-state index contributed by atoms with van der Waals surface area (Å²) in [4.78, 5) is 2.22. The van der Waals surface area contributed by atoms with Crippen LogP contribution in [0.2, 0.25) is 0 Å². The highest BCUT2D eigenvalue weighted by atomic mass is 32.2. The summed E-state index contributed by atoms with van der Waals surface area (Å²) in [5, 5.41) is 4.81. The number of ether oxygens (including phenoxy) is 1. The number of unbranched alkanes of at least 4 members (excludes halogenated alkanes) is 1. The molecular weight excluding hydrogens is 420 g/mol. The van der Waals surface area contributed by atoms with Gasteiger partial charge in [-0.1, -0.05) is 19.4 Å². The molecule has 1 fully saturated rings. The Kier molecular flexibility index (Phi) is 7.49. The Morgan fingerprint density at radius 1 is 1.37 bits per heavy atom. The van der Waals surface area contributed by atoms with E-state index in [1.807, 2.05) is 28.8 Å². The summed E-state index contributed by atoms with van der Waals surface area (Å²) in [5.74, 6) is 2.01. The lowest BCUT2D eigenvalue weighted by Crippen LogP contribution is -2.38. The lowest BCUT2D eigenvalue weighted by molar-refractivity contribution is 0.152. The third-order valence-corrected chi connectivity index (χ3v) is 7.60. The molecule has 2 aromatic rings. The van der Waals surface area contributed by atoms with Gasteiger partial charge in [-0.3, -0.25) is 9.47 Å². The van der Waals surface area contributed by atoms with E-state index in [1.165, 1.54) is 0 Å². The maximum atomic E-state index is 12.0. The smallest absolute Gasteiger partial charge is 0.199 e. The molecule has 0 unspecified atom stereocenters. The molecular formula is C21H30N4O3S2. The first-order valence-corrected chi connectivity index (χ1v) is 12.5. The number of allylic oxidation sites excluding steroid dienone is 1. The van der Waals surface area contributed by atoms with Gasteiger partial charge in [-0.15, -0.1) is 6.58 Å². The minimum Gasteiger partial charge on any atom is -0.497 e. The average molecular weight is 451 g/mol. The summed E-state index contributed by atoms with van der Waals surface area (Å²) in [6.07, 6.45) is 4.51. The number of aromatic nitrogens is 3. The van der Waals surface area contributed by atoms with Gasteiger partial charge in [0.15, 0.2) is 20.4 Å². The van der Waals surface area contributed by atoms with Gasteiger partial charge in [-0.05, 0) is 49.3 Å². The monoisotopic (exact) mass is 450 g/mol. The molecule has 0 amide bonds. The van der Waals surface area contributed by atoms with E-state index in [9.17, 15) is 8.42 Å². The van der Waals surface area contributed by atoms with Gasteiger partial charge in [0.25, 0.3) is 0 Å². The number of hydrogen-bond acceptors (Lipinski definition) is 6. The van der Waals surface area contributed by atoms with Crippen molar-refractivity contribution in [2.24, 2.45) is 0 Å². The van der Waals surface area contributed by atoms with E-state index in [-0.39, 0.29) is 17.5 Å². The minimum atomic E-state index is -2.96. The summed E-state index contributed by atoms with van der Waals surface area (Å²) >= 11 is 5.72. The standard InChI is InChI=1S/C21H30N4O3S2/c1-4-6-13-23(18-11-14-30(26,27)15-18)16-25-21(29)24(12-5-2)20(22-25)17-7-9-19(28-3)10-8-17/h5,7-10,18H,2,4,6,11-16H2,1,3H3/t18-/m1/s1. The maximum absolute atomic E-state index is 12.0. The maximum Gasteiger partial charge on any atom is 0.199 e. The fourth-order valence-corrected chi connectivity index (χ4v) is 5.77. The zero-order valence-electron chi connectivity index (χ0n) is 17.7. The first kappa shape index (κ1) is 22.7. The topological polar surface area (TPSA) is 69.4 Å². The van der Waals surface area contributed by atoms with Crippen molar-refractivity contribution in [3.05, 3.63) is 41.7 Å². The van der Waals surface area contributed by atoms with Gasteiger partial charge in [0.05, 0.1) is 25.3 Å². The number of hydrogen-bond donors (Lipinski definition) is 0. The van der Waals surface area contributed by atoms with Crippen molar-refractivity contribution in [2.45, 2.75) is 45.4 Å². The van der Waals surface area contributed by atoms with Crippen LogP contribution in [0.5, 0.6) is 5.75 Å². The Hall–Kier alpha value is -1.97. The molecule has 0 radical (unpaired) electrons. The van der Waals surface area contributed by atoms with Crippen LogP contribution in [0.25, 0.3) is 11.4 Å². The van der Waals surface area contributed by atoms with Crippen LogP contribution in [-0.4, -0.2) is 58.9 Å². The van der Waals surface area contributed by atoms with Crippen LogP contribution in [-0.2, 0) is 23.1 Å². The zero-order chi connectivity index (χ0) is 21.7. The van der Waals surface area contributed by atoms with Gasteiger partial charge >= 0.3 is 0 Å². The minimum absolute atomic E-state index is 0.0115. The Morgan fingerprint density at radius 3 is 2.67 bits per heavy atom. The van der Waals surface area contributed by atoms with Crippen LogP contribution in [0.4, 0.5) is 0 Å². The van der Waals surface area contributed by atoms with Crippen molar-refractivity contribution in [1.82, 2.24) is 19.2 Å². The summed E-state index contributed by atoms with van der Waals surface area (Å²) in [6.45, 7) is 7.83. The van der Waals surface area contributed by atoms with Crippen molar-refractivity contribution >= 4 is 22.1 Å². The second-order valence-electron chi connectivity index (χ2n) is 7.60. The first-order chi connectivity index (χ1) is 14.4. The van der Waals surface area contributed by atoms with E-state index in [0.717, 1.165) is 36.5 Å². The molecule has 0 N–H and O–H groups in total. The van der Waals surface area contributed by atoms with Gasteiger partial charge in [-0.25, -0.2) is 13.1 Å². The van der Waals surface area contributed by atoms with Crippen molar-refractivity contribution in [2.75, 3.05) is 25.2 Å². The van der Waals surface area contributed by atoms with Crippen LogP contribution in [0.1, 0.15) is 26.2 Å². The molecule has 2 heterocycles. The Balaban J connectivity index is 1.93. The molecule has 0 aliphatic carbocycles. The number of nitrogens with zero attached hydrogens (tertiary/aromatic N) is 4. The van der Waals surface area contributed by atoms with E-state index in [4.69, 9.17) is 22.1 Å². The highest BCUT2D eigenvalue weighted by Crippen LogP contribution is 2.23. The molecule has 7 nitrogen and oxygen atoms in total. The summed E-state index contributed by atoms with van der Waals surface area (Å²) in [7, 11) is -1.32. The van der Waals surface area contributed by atoms with Crippen LogP contribution < -0.4 is 4.74 Å². The van der Waals surface area contributed by atoms with Gasteiger partial charge < -0.3 is 4.74 Å². The van der Waals surface area contributed by atoms with Gasteiger partial charge in [0.1, 0.15) is 5.75 Å². The van der Waals surface area contributed by atoms with E-state index in [2.05, 4.69) is 18.4 Å². The predicted octanol–water partition coefficient (Wildman–Crippen LogP) is 3.52. The van der Waals surface area contributed by atoms with Crippen LogP contribution in [0.3, 0.4) is 0 Å². The average Bonchev–Trinajstić information content (AvgIpc) is 3.25. The van der Waals surface area contributed by atoms with E-state index in [1.54, 1.807) is 17.9 Å². The zero-order valence-corrected chi connectivity index (χ0v) is 19.3. The molecule has 1 saturated heterocycles. The molecule has 1 aliphatic rings. The van der Waals surface area contributed by atoms with Crippen molar-refractivity contribution < 1.29 is 13.2 Å². The summed E-state index contributed by atoms with van der Waals surface area (Å²) in [6, 6.07) is 7.72. The fraction of sp³-hybridized carbons (Fsp3) is 0.524. The van der Waals surface area contributed by atoms with E-state index < -0.39 is 9.84 Å². The Labute approximate surface area is 183 Å². The van der Waals surface area contributed by atoms with Crippen LogP contribution >= 0.6 is 12.2 Å².